The zero-order chi connectivity index (χ0) is 15.9. The molecular formula is C16H20N2O2S2. The Morgan fingerprint density at radius 1 is 1.32 bits per heavy atom. The van der Waals surface area contributed by atoms with Crippen LogP contribution in [-0.4, -0.2) is 23.0 Å². The highest BCUT2D eigenvalue weighted by Crippen LogP contribution is 2.15. The number of urea groups is 1. The third-order valence-corrected chi connectivity index (χ3v) is 4.98. The molecule has 4 nitrogen and oxygen atoms in total. The third-order valence-electron chi connectivity index (χ3n) is 3.16. The van der Waals surface area contributed by atoms with Crippen molar-refractivity contribution >= 4 is 33.9 Å². The highest BCUT2D eigenvalue weighted by atomic mass is 32.2. The first kappa shape index (κ1) is 16.7. The number of thiophene rings is 1. The molecule has 0 bridgehead atoms. The Labute approximate surface area is 137 Å². The minimum absolute atomic E-state index is 0.239. The Balaban J connectivity index is 1.80. The second-order valence-corrected chi connectivity index (χ2v) is 7.62. The van der Waals surface area contributed by atoms with Crippen LogP contribution in [0, 0.1) is 5.92 Å². The lowest BCUT2D eigenvalue weighted by Crippen LogP contribution is -2.32. The Morgan fingerprint density at radius 2 is 2.14 bits per heavy atom. The first-order chi connectivity index (χ1) is 10.5. The first-order valence-corrected chi connectivity index (χ1v) is 9.49. The van der Waals surface area contributed by atoms with Gasteiger partial charge in [0.25, 0.3) is 0 Å². The molecular weight excluding hydrogens is 316 g/mol. The maximum Gasteiger partial charge on any atom is 0.319 e. The molecule has 0 radical (unpaired) electrons. The van der Waals surface area contributed by atoms with E-state index in [1.165, 1.54) is 4.88 Å². The molecule has 0 unspecified atom stereocenters. The molecule has 6 heteroatoms. The van der Waals surface area contributed by atoms with Crippen LogP contribution in [0.1, 0.15) is 11.8 Å². The molecule has 22 heavy (non-hydrogen) atoms. The Bertz CT molecular complexity index is 641. The van der Waals surface area contributed by atoms with Crippen LogP contribution in [0.15, 0.2) is 46.7 Å². The van der Waals surface area contributed by atoms with Gasteiger partial charge in [0.2, 0.25) is 0 Å². The fraction of sp³-hybridized carbons (Fsp3) is 0.312. The topological polar surface area (TPSA) is 58.2 Å². The summed E-state index contributed by atoms with van der Waals surface area (Å²) in [6, 6.07) is 11.0. The second kappa shape index (κ2) is 8.10. The fourth-order valence-corrected chi connectivity index (χ4v) is 3.47. The van der Waals surface area contributed by atoms with E-state index in [1.54, 1.807) is 41.9 Å². The van der Waals surface area contributed by atoms with Gasteiger partial charge < -0.3 is 10.6 Å². The van der Waals surface area contributed by atoms with Gasteiger partial charge in [-0.3, -0.25) is 4.21 Å². The Morgan fingerprint density at radius 3 is 2.82 bits per heavy atom. The quantitative estimate of drug-likeness (QED) is 0.848. The molecule has 0 saturated carbocycles. The Hall–Kier alpha value is -1.66. The summed E-state index contributed by atoms with van der Waals surface area (Å²) in [7, 11) is -1.05. The number of hydrogen-bond donors (Lipinski definition) is 2. The number of carbonyl (C=O) groups is 1. The van der Waals surface area contributed by atoms with Gasteiger partial charge in [0.15, 0.2) is 0 Å². The molecule has 0 fully saturated rings. The van der Waals surface area contributed by atoms with Crippen molar-refractivity contribution in [3.8, 4) is 0 Å². The maximum absolute atomic E-state index is 11.9. The molecule has 1 aromatic heterocycles. The van der Waals surface area contributed by atoms with Gasteiger partial charge >= 0.3 is 6.03 Å². The smallest absolute Gasteiger partial charge is 0.319 e. The normalized spacial score (nSPS) is 13.4. The predicted octanol–water partition coefficient (Wildman–Crippen LogP) is 3.49. The van der Waals surface area contributed by atoms with Crippen molar-refractivity contribution in [2.24, 2.45) is 5.92 Å². The third kappa shape index (κ3) is 5.27. The van der Waals surface area contributed by atoms with Crippen molar-refractivity contribution in [1.82, 2.24) is 5.32 Å². The summed E-state index contributed by atoms with van der Waals surface area (Å²) in [5.74, 6) is 0.374. The Kier molecular flexibility index (Phi) is 6.15. The van der Waals surface area contributed by atoms with E-state index in [2.05, 4.69) is 29.0 Å². The number of anilines is 1. The van der Waals surface area contributed by atoms with E-state index >= 15 is 0 Å². The average Bonchev–Trinajstić information content (AvgIpc) is 2.98. The van der Waals surface area contributed by atoms with Crippen LogP contribution in [-0.2, 0) is 17.2 Å². The second-order valence-electron chi connectivity index (χ2n) is 5.21. The SMILES string of the molecule is C[C@@H](CNC(=O)Nc1cccc([S@](C)=O)c1)Cc1cccs1. The van der Waals surface area contributed by atoms with Crippen molar-refractivity contribution < 1.29 is 9.00 Å². The van der Waals surface area contributed by atoms with Crippen LogP contribution in [0.2, 0.25) is 0 Å². The van der Waals surface area contributed by atoms with Crippen LogP contribution < -0.4 is 10.6 Å². The van der Waals surface area contributed by atoms with Crippen LogP contribution in [0.3, 0.4) is 0 Å². The predicted molar refractivity (Wildman–Crippen MR) is 93.0 cm³/mol. The molecule has 0 saturated heterocycles. The lowest BCUT2D eigenvalue weighted by molar-refractivity contribution is 0.250. The monoisotopic (exact) mass is 336 g/mol. The summed E-state index contributed by atoms with van der Waals surface area (Å²) in [6.07, 6.45) is 2.58. The number of carbonyl (C=O) groups excluding carboxylic acids is 1. The number of amides is 2. The van der Waals surface area contributed by atoms with E-state index < -0.39 is 10.8 Å². The lowest BCUT2D eigenvalue weighted by Gasteiger charge is -2.13. The summed E-state index contributed by atoms with van der Waals surface area (Å²) in [6.45, 7) is 2.73. The molecule has 118 valence electrons. The molecule has 1 heterocycles. The number of rotatable bonds is 6. The first-order valence-electron chi connectivity index (χ1n) is 7.05. The zero-order valence-electron chi connectivity index (χ0n) is 12.7. The molecule has 2 rings (SSSR count). The van der Waals surface area contributed by atoms with Crippen molar-refractivity contribution in [2.45, 2.75) is 18.2 Å². The molecule has 0 spiro atoms. The highest BCUT2D eigenvalue weighted by Gasteiger charge is 2.08. The van der Waals surface area contributed by atoms with Gasteiger partial charge in [-0.05, 0) is 42.0 Å². The summed E-state index contributed by atoms with van der Waals surface area (Å²) >= 11 is 1.74. The number of hydrogen-bond acceptors (Lipinski definition) is 3. The van der Waals surface area contributed by atoms with Gasteiger partial charge in [-0.1, -0.05) is 19.1 Å². The van der Waals surface area contributed by atoms with Gasteiger partial charge in [0.05, 0.1) is 0 Å². The number of nitrogens with one attached hydrogen (secondary N) is 2. The molecule has 1 aromatic carbocycles. The summed E-state index contributed by atoms with van der Waals surface area (Å²) in [4.78, 5) is 13.9. The minimum atomic E-state index is -1.05. The van der Waals surface area contributed by atoms with Crippen LogP contribution in [0.25, 0.3) is 0 Å². The van der Waals surface area contributed by atoms with Gasteiger partial charge in [-0.25, -0.2) is 4.79 Å². The molecule has 2 amide bonds. The van der Waals surface area contributed by atoms with E-state index in [4.69, 9.17) is 0 Å². The molecule has 0 aliphatic carbocycles. The fourth-order valence-electron chi connectivity index (χ4n) is 2.04. The van der Waals surface area contributed by atoms with Crippen molar-refractivity contribution in [3.63, 3.8) is 0 Å². The lowest BCUT2D eigenvalue weighted by atomic mass is 10.1. The maximum atomic E-state index is 11.9. The molecule has 2 atom stereocenters. The molecule has 0 aliphatic heterocycles. The van der Waals surface area contributed by atoms with Crippen LogP contribution in [0.4, 0.5) is 10.5 Å². The van der Waals surface area contributed by atoms with E-state index in [0.29, 0.717) is 23.0 Å². The standard InChI is InChI=1S/C16H20N2O2S2/c1-12(9-14-6-4-8-21-14)11-17-16(19)18-13-5-3-7-15(10-13)22(2)20/h3-8,10,12H,9,11H2,1-2H3,(H2,17,18,19)/t12-,22+/m1/s1. The summed E-state index contributed by atoms with van der Waals surface area (Å²) in [5.41, 5.74) is 0.649. The largest absolute Gasteiger partial charge is 0.338 e. The van der Waals surface area contributed by atoms with Crippen LogP contribution >= 0.6 is 11.3 Å². The average molecular weight is 336 g/mol. The van der Waals surface area contributed by atoms with Gasteiger partial charge in [-0.2, -0.15) is 0 Å². The number of benzene rings is 1. The highest BCUT2D eigenvalue weighted by molar-refractivity contribution is 7.84. The van der Waals surface area contributed by atoms with Crippen molar-refractivity contribution in [2.75, 3.05) is 18.1 Å². The van der Waals surface area contributed by atoms with Gasteiger partial charge in [0.1, 0.15) is 0 Å². The zero-order valence-corrected chi connectivity index (χ0v) is 14.3. The van der Waals surface area contributed by atoms with E-state index in [9.17, 15) is 9.00 Å². The van der Waals surface area contributed by atoms with E-state index in [0.717, 1.165) is 6.42 Å². The molecule has 0 aliphatic rings. The molecule has 2 N–H and O–H groups in total. The van der Waals surface area contributed by atoms with Gasteiger partial charge in [-0.15, -0.1) is 11.3 Å². The van der Waals surface area contributed by atoms with Crippen molar-refractivity contribution in [3.05, 3.63) is 46.7 Å². The summed E-state index contributed by atoms with van der Waals surface area (Å²) in [5, 5.41) is 7.70. The summed E-state index contributed by atoms with van der Waals surface area (Å²) < 4.78 is 11.4. The van der Waals surface area contributed by atoms with E-state index in [-0.39, 0.29) is 6.03 Å². The van der Waals surface area contributed by atoms with Gasteiger partial charge in [0, 0.05) is 39.1 Å². The minimum Gasteiger partial charge on any atom is -0.338 e. The van der Waals surface area contributed by atoms with E-state index in [1.807, 2.05) is 6.07 Å². The van der Waals surface area contributed by atoms with Crippen molar-refractivity contribution in [1.29, 1.82) is 0 Å². The van der Waals surface area contributed by atoms with Crippen LogP contribution in [0.5, 0.6) is 0 Å². The molecule has 2 aromatic rings.